The van der Waals surface area contributed by atoms with Gasteiger partial charge in [-0.3, -0.25) is 15.6 Å². The van der Waals surface area contributed by atoms with Gasteiger partial charge in [0.05, 0.1) is 12.2 Å². The summed E-state index contributed by atoms with van der Waals surface area (Å²) in [7, 11) is 1.55. The van der Waals surface area contributed by atoms with Crippen molar-refractivity contribution in [1.29, 1.82) is 0 Å². The zero-order valence-electron chi connectivity index (χ0n) is 11.0. The molecule has 0 bridgehead atoms. The smallest absolute Gasteiger partial charge is 0.272 e. The van der Waals surface area contributed by atoms with Crippen LogP contribution in [0.4, 0.5) is 8.78 Å². The van der Waals surface area contributed by atoms with Crippen LogP contribution in [0, 0.1) is 11.6 Å². The standard InChI is InChI=1S/C12H15F2N3O2S/c1-7(6-19-2)15-12(20)17-16-11(18)9-4-3-8(13)5-10(9)14/h3-5,7H,6H2,1-2H3,(H,16,18)(H2,15,17,20)/t7-/m0/s1. The number of halogens is 2. The minimum atomic E-state index is -0.948. The van der Waals surface area contributed by atoms with Crippen LogP contribution in [0.2, 0.25) is 0 Å². The van der Waals surface area contributed by atoms with Crippen LogP contribution in [0.5, 0.6) is 0 Å². The Hall–Kier alpha value is -1.80. The van der Waals surface area contributed by atoms with Crippen LogP contribution in [0.3, 0.4) is 0 Å². The number of ether oxygens (including phenoxy) is 1. The van der Waals surface area contributed by atoms with Crippen molar-refractivity contribution in [3.05, 3.63) is 35.4 Å². The summed E-state index contributed by atoms with van der Waals surface area (Å²) in [6.07, 6.45) is 0. The number of methoxy groups -OCH3 is 1. The molecule has 110 valence electrons. The molecule has 0 fully saturated rings. The number of amides is 1. The second-order valence-electron chi connectivity index (χ2n) is 4.03. The van der Waals surface area contributed by atoms with Crippen molar-refractivity contribution in [3.63, 3.8) is 0 Å². The van der Waals surface area contributed by atoms with Gasteiger partial charge in [0, 0.05) is 19.2 Å². The number of hydrogen-bond donors (Lipinski definition) is 3. The Labute approximate surface area is 120 Å². The molecule has 20 heavy (non-hydrogen) atoms. The van der Waals surface area contributed by atoms with Crippen LogP contribution < -0.4 is 16.2 Å². The summed E-state index contributed by atoms with van der Waals surface area (Å²) in [5, 5.41) is 3.00. The molecule has 5 nitrogen and oxygen atoms in total. The molecule has 0 aliphatic heterocycles. The Bertz CT molecular complexity index is 500. The van der Waals surface area contributed by atoms with Crippen molar-refractivity contribution < 1.29 is 18.3 Å². The Morgan fingerprint density at radius 2 is 2.10 bits per heavy atom. The number of benzene rings is 1. The summed E-state index contributed by atoms with van der Waals surface area (Å²) in [5.41, 5.74) is 4.34. The van der Waals surface area contributed by atoms with Crippen molar-refractivity contribution in [3.8, 4) is 0 Å². The van der Waals surface area contributed by atoms with E-state index < -0.39 is 17.5 Å². The van der Waals surface area contributed by atoms with Crippen LogP contribution >= 0.6 is 12.2 Å². The highest BCUT2D eigenvalue weighted by Gasteiger charge is 2.12. The molecule has 1 atom stereocenters. The molecule has 1 amide bonds. The molecule has 0 unspecified atom stereocenters. The number of nitrogens with one attached hydrogen (secondary N) is 3. The highest BCUT2D eigenvalue weighted by molar-refractivity contribution is 7.80. The predicted molar refractivity (Wildman–Crippen MR) is 74.0 cm³/mol. The van der Waals surface area contributed by atoms with Crippen molar-refractivity contribution in [2.24, 2.45) is 0 Å². The van der Waals surface area contributed by atoms with E-state index in [2.05, 4.69) is 16.2 Å². The Morgan fingerprint density at radius 1 is 1.40 bits per heavy atom. The van der Waals surface area contributed by atoms with E-state index in [0.717, 1.165) is 12.1 Å². The van der Waals surface area contributed by atoms with Crippen LogP contribution in [0.15, 0.2) is 18.2 Å². The monoisotopic (exact) mass is 303 g/mol. The average Bonchev–Trinajstić information content (AvgIpc) is 2.36. The lowest BCUT2D eigenvalue weighted by Crippen LogP contribution is -2.50. The first kappa shape index (κ1) is 16.3. The van der Waals surface area contributed by atoms with Crippen LogP contribution in [-0.4, -0.2) is 30.8 Å². The molecule has 1 aromatic carbocycles. The number of carbonyl (C=O) groups excluding carboxylic acids is 1. The quantitative estimate of drug-likeness (QED) is 0.574. The number of rotatable bonds is 4. The lowest BCUT2D eigenvalue weighted by Gasteiger charge is -2.16. The van der Waals surface area contributed by atoms with Gasteiger partial charge in [0.1, 0.15) is 11.6 Å². The molecule has 1 rings (SSSR count). The van der Waals surface area contributed by atoms with E-state index in [1.165, 1.54) is 0 Å². The van der Waals surface area contributed by atoms with E-state index in [1.54, 1.807) is 7.11 Å². The van der Waals surface area contributed by atoms with Gasteiger partial charge in [0.15, 0.2) is 5.11 Å². The number of carbonyl (C=O) groups is 1. The average molecular weight is 303 g/mol. The van der Waals surface area contributed by atoms with Crippen molar-refractivity contribution in [2.45, 2.75) is 13.0 Å². The minimum absolute atomic E-state index is 0.0561. The molecular formula is C12H15F2N3O2S. The fourth-order valence-corrected chi connectivity index (χ4v) is 1.66. The number of hydrogen-bond acceptors (Lipinski definition) is 3. The fourth-order valence-electron chi connectivity index (χ4n) is 1.41. The van der Waals surface area contributed by atoms with Gasteiger partial charge < -0.3 is 10.1 Å². The van der Waals surface area contributed by atoms with Gasteiger partial charge in [-0.2, -0.15) is 0 Å². The molecule has 0 heterocycles. The first-order valence-electron chi connectivity index (χ1n) is 5.75. The summed E-state index contributed by atoms with van der Waals surface area (Å²) in [6, 6.07) is 2.62. The van der Waals surface area contributed by atoms with E-state index in [0.29, 0.717) is 12.7 Å². The van der Waals surface area contributed by atoms with Crippen LogP contribution in [0.25, 0.3) is 0 Å². The molecular weight excluding hydrogens is 288 g/mol. The van der Waals surface area contributed by atoms with Crippen LogP contribution in [-0.2, 0) is 4.74 Å². The van der Waals surface area contributed by atoms with Gasteiger partial charge in [-0.25, -0.2) is 8.78 Å². The largest absolute Gasteiger partial charge is 0.383 e. The van der Waals surface area contributed by atoms with Crippen molar-refractivity contribution in [1.82, 2.24) is 16.2 Å². The molecule has 1 aromatic rings. The molecule has 0 radical (unpaired) electrons. The third-order valence-electron chi connectivity index (χ3n) is 2.26. The predicted octanol–water partition coefficient (Wildman–Crippen LogP) is 1.11. The van der Waals surface area contributed by atoms with Gasteiger partial charge in [-0.1, -0.05) is 0 Å². The van der Waals surface area contributed by atoms with Crippen LogP contribution in [0.1, 0.15) is 17.3 Å². The maximum absolute atomic E-state index is 13.3. The SMILES string of the molecule is COC[C@H](C)NC(=S)NNC(=O)c1ccc(F)cc1F. The second kappa shape index (κ2) is 7.71. The van der Waals surface area contributed by atoms with Gasteiger partial charge in [-0.15, -0.1) is 0 Å². The summed E-state index contributed by atoms with van der Waals surface area (Å²) in [5.74, 6) is -2.46. The normalized spacial score (nSPS) is 11.6. The first-order valence-corrected chi connectivity index (χ1v) is 6.15. The van der Waals surface area contributed by atoms with Gasteiger partial charge >= 0.3 is 0 Å². The molecule has 0 saturated carbocycles. The van der Waals surface area contributed by atoms with E-state index in [4.69, 9.17) is 17.0 Å². The second-order valence-corrected chi connectivity index (χ2v) is 4.44. The van der Waals surface area contributed by atoms with E-state index in [9.17, 15) is 13.6 Å². The third-order valence-corrected chi connectivity index (χ3v) is 2.48. The van der Waals surface area contributed by atoms with Gasteiger partial charge in [0.2, 0.25) is 0 Å². The molecule has 0 aliphatic rings. The van der Waals surface area contributed by atoms with E-state index >= 15 is 0 Å². The maximum Gasteiger partial charge on any atom is 0.272 e. The summed E-state index contributed by atoms with van der Waals surface area (Å²) in [4.78, 5) is 11.6. The topological polar surface area (TPSA) is 62.4 Å². The van der Waals surface area contributed by atoms with E-state index in [-0.39, 0.29) is 16.7 Å². The molecule has 0 aliphatic carbocycles. The Morgan fingerprint density at radius 3 is 2.70 bits per heavy atom. The highest BCUT2D eigenvalue weighted by Crippen LogP contribution is 2.08. The van der Waals surface area contributed by atoms with Crippen molar-refractivity contribution >= 4 is 23.2 Å². The molecule has 0 saturated heterocycles. The number of hydrazine groups is 1. The zero-order valence-corrected chi connectivity index (χ0v) is 11.8. The lowest BCUT2D eigenvalue weighted by atomic mass is 10.2. The van der Waals surface area contributed by atoms with E-state index in [1.807, 2.05) is 6.92 Å². The Balaban J connectivity index is 2.49. The highest BCUT2D eigenvalue weighted by atomic mass is 32.1. The van der Waals surface area contributed by atoms with Gasteiger partial charge in [0.25, 0.3) is 5.91 Å². The minimum Gasteiger partial charge on any atom is -0.383 e. The number of thiocarbonyl (C=S) groups is 1. The molecule has 0 aromatic heterocycles. The van der Waals surface area contributed by atoms with Gasteiger partial charge in [-0.05, 0) is 31.3 Å². The third kappa shape index (κ3) is 5.06. The zero-order chi connectivity index (χ0) is 15.1. The molecule has 0 spiro atoms. The molecule has 8 heteroatoms. The molecule has 3 N–H and O–H groups in total. The maximum atomic E-state index is 13.3. The summed E-state index contributed by atoms with van der Waals surface area (Å²) >= 11 is 4.92. The lowest BCUT2D eigenvalue weighted by molar-refractivity contribution is 0.0939. The summed E-state index contributed by atoms with van der Waals surface area (Å²) < 4.78 is 31.0. The first-order chi connectivity index (χ1) is 9.43. The van der Waals surface area contributed by atoms with Crippen molar-refractivity contribution in [2.75, 3.05) is 13.7 Å². The fraction of sp³-hybridized carbons (Fsp3) is 0.333. The summed E-state index contributed by atoms with van der Waals surface area (Å²) in [6.45, 7) is 2.27. The Kier molecular flexibility index (Phi) is 6.26.